The van der Waals surface area contributed by atoms with Crippen molar-refractivity contribution in [2.45, 2.75) is 38.6 Å². The van der Waals surface area contributed by atoms with Crippen molar-refractivity contribution in [3.05, 3.63) is 24.3 Å². The molecule has 118 valence electrons. The number of carbonyl (C=O) groups excluding carboxylic acids is 2. The Morgan fingerprint density at radius 1 is 1.09 bits per heavy atom. The molecule has 1 aromatic carbocycles. The van der Waals surface area contributed by atoms with Gasteiger partial charge in [0.15, 0.2) is 0 Å². The molecule has 3 rings (SSSR count). The van der Waals surface area contributed by atoms with Crippen LogP contribution in [0.4, 0.5) is 11.4 Å². The fraction of sp³-hybridized carbons (Fsp3) is 0.529. The second-order valence-electron chi connectivity index (χ2n) is 6.05. The van der Waals surface area contributed by atoms with Crippen molar-refractivity contribution in [2.24, 2.45) is 5.92 Å². The molecule has 1 saturated heterocycles. The van der Waals surface area contributed by atoms with E-state index in [4.69, 9.17) is 4.74 Å². The van der Waals surface area contributed by atoms with Gasteiger partial charge in [-0.2, -0.15) is 0 Å². The Kier molecular flexibility index (Phi) is 4.43. The van der Waals surface area contributed by atoms with E-state index >= 15 is 0 Å². The van der Waals surface area contributed by atoms with Gasteiger partial charge in [-0.25, -0.2) is 0 Å². The number of nitrogens with one attached hydrogen (secondary N) is 1. The van der Waals surface area contributed by atoms with Crippen LogP contribution in [0.15, 0.2) is 24.3 Å². The molecular formula is C17H22N2O3. The maximum absolute atomic E-state index is 12.8. The molecule has 0 atom stereocenters. The van der Waals surface area contributed by atoms with Gasteiger partial charge < -0.3 is 15.0 Å². The lowest BCUT2D eigenvalue weighted by atomic mass is 9.98. The molecular weight excluding hydrogens is 280 g/mol. The lowest BCUT2D eigenvalue weighted by Gasteiger charge is -2.29. The summed E-state index contributed by atoms with van der Waals surface area (Å²) in [6.45, 7) is 2.84. The van der Waals surface area contributed by atoms with Crippen molar-refractivity contribution < 1.29 is 14.3 Å². The molecule has 0 unspecified atom stereocenters. The van der Waals surface area contributed by atoms with Crippen LogP contribution in [-0.2, 0) is 14.3 Å². The molecule has 5 heteroatoms. The minimum atomic E-state index is -0.0925. The second-order valence-corrected chi connectivity index (χ2v) is 6.05. The highest BCUT2D eigenvalue weighted by Crippen LogP contribution is 2.34. The number of carbonyl (C=O) groups is 2. The smallest absolute Gasteiger partial charge is 0.230 e. The van der Waals surface area contributed by atoms with Crippen molar-refractivity contribution in [1.82, 2.24) is 0 Å². The van der Waals surface area contributed by atoms with Crippen LogP contribution in [0, 0.1) is 5.92 Å². The molecule has 1 heterocycles. The Morgan fingerprint density at radius 2 is 1.73 bits per heavy atom. The normalized spacial score (nSPS) is 18.8. The van der Waals surface area contributed by atoms with Gasteiger partial charge in [0, 0.05) is 43.5 Å². The fourth-order valence-electron chi connectivity index (χ4n) is 2.90. The number of benzene rings is 1. The zero-order valence-corrected chi connectivity index (χ0v) is 12.9. The highest BCUT2D eigenvalue weighted by molar-refractivity contribution is 5.96. The van der Waals surface area contributed by atoms with E-state index in [0.717, 1.165) is 37.1 Å². The average Bonchev–Trinajstić information content (AvgIpc) is 3.34. The van der Waals surface area contributed by atoms with Gasteiger partial charge in [-0.3, -0.25) is 9.59 Å². The summed E-state index contributed by atoms with van der Waals surface area (Å²) in [7, 11) is 0. The largest absolute Gasteiger partial charge is 0.381 e. The van der Waals surface area contributed by atoms with Gasteiger partial charge in [-0.05, 0) is 49.9 Å². The lowest BCUT2D eigenvalue weighted by molar-refractivity contribution is -0.125. The van der Waals surface area contributed by atoms with Gasteiger partial charge in [-0.15, -0.1) is 0 Å². The number of nitrogens with zero attached hydrogens (tertiary/aromatic N) is 1. The number of ether oxygens (including phenoxy) is 1. The van der Waals surface area contributed by atoms with Crippen molar-refractivity contribution in [2.75, 3.05) is 23.4 Å². The van der Waals surface area contributed by atoms with Gasteiger partial charge in [0.25, 0.3) is 0 Å². The first-order valence-electron chi connectivity index (χ1n) is 7.93. The molecule has 5 nitrogen and oxygen atoms in total. The quantitative estimate of drug-likeness (QED) is 0.930. The van der Waals surface area contributed by atoms with E-state index in [2.05, 4.69) is 5.32 Å². The molecule has 0 aromatic heterocycles. The molecule has 1 aliphatic carbocycles. The molecule has 0 spiro atoms. The monoisotopic (exact) mass is 302 g/mol. The summed E-state index contributed by atoms with van der Waals surface area (Å²) < 4.78 is 5.35. The summed E-state index contributed by atoms with van der Waals surface area (Å²) in [6.07, 6.45) is 3.77. The van der Waals surface area contributed by atoms with Gasteiger partial charge in [0.1, 0.15) is 0 Å². The van der Waals surface area contributed by atoms with E-state index in [1.807, 2.05) is 29.2 Å². The Hall–Kier alpha value is -1.88. The third kappa shape index (κ3) is 3.47. The van der Waals surface area contributed by atoms with Crippen LogP contribution in [0.2, 0.25) is 0 Å². The standard InChI is InChI=1S/C17H22N2O3/c1-12(20)18-14-2-4-15(5-3-14)19(16-6-7-16)17(21)13-8-10-22-11-9-13/h2-5,13,16H,6-11H2,1H3,(H,18,20). The highest BCUT2D eigenvalue weighted by Gasteiger charge is 2.37. The van der Waals surface area contributed by atoms with Crippen LogP contribution in [0.3, 0.4) is 0 Å². The lowest BCUT2D eigenvalue weighted by Crippen LogP contribution is -2.40. The van der Waals surface area contributed by atoms with Gasteiger partial charge in [0.05, 0.1) is 0 Å². The van der Waals surface area contributed by atoms with E-state index in [1.165, 1.54) is 6.92 Å². The summed E-state index contributed by atoms with van der Waals surface area (Å²) >= 11 is 0. The van der Waals surface area contributed by atoms with E-state index < -0.39 is 0 Å². The van der Waals surface area contributed by atoms with Gasteiger partial charge in [-0.1, -0.05) is 0 Å². The van der Waals surface area contributed by atoms with Crippen LogP contribution in [0.5, 0.6) is 0 Å². The first kappa shape index (κ1) is 15.0. The SMILES string of the molecule is CC(=O)Nc1ccc(N(C(=O)C2CCOCC2)C2CC2)cc1. The molecule has 2 amide bonds. The maximum atomic E-state index is 12.8. The first-order valence-corrected chi connectivity index (χ1v) is 7.93. The van der Waals surface area contributed by atoms with Crippen molar-refractivity contribution in [3.63, 3.8) is 0 Å². The Labute approximate surface area is 130 Å². The highest BCUT2D eigenvalue weighted by atomic mass is 16.5. The Morgan fingerprint density at radius 3 is 2.27 bits per heavy atom. The Balaban J connectivity index is 1.75. The molecule has 1 N–H and O–H groups in total. The van der Waals surface area contributed by atoms with Crippen molar-refractivity contribution in [1.29, 1.82) is 0 Å². The number of amides is 2. The zero-order valence-electron chi connectivity index (χ0n) is 12.9. The molecule has 2 fully saturated rings. The van der Waals surface area contributed by atoms with Gasteiger partial charge >= 0.3 is 0 Å². The fourth-order valence-corrected chi connectivity index (χ4v) is 2.90. The summed E-state index contributed by atoms with van der Waals surface area (Å²) in [4.78, 5) is 25.9. The average molecular weight is 302 g/mol. The van der Waals surface area contributed by atoms with Crippen molar-refractivity contribution >= 4 is 23.2 Å². The summed E-state index contributed by atoms with van der Waals surface area (Å²) in [5.74, 6) is 0.201. The predicted molar refractivity (Wildman–Crippen MR) is 84.8 cm³/mol. The third-order valence-corrected chi connectivity index (χ3v) is 4.19. The minimum Gasteiger partial charge on any atom is -0.381 e. The first-order chi connectivity index (χ1) is 10.6. The molecule has 2 aliphatic rings. The predicted octanol–water partition coefficient (Wildman–Crippen LogP) is 2.57. The molecule has 1 aromatic rings. The zero-order chi connectivity index (χ0) is 15.5. The number of rotatable bonds is 4. The maximum Gasteiger partial charge on any atom is 0.230 e. The Bertz CT molecular complexity index is 546. The summed E-state index contributed by atoms with van der Waals surface area (Å²) in [5, 5.41) is 2.75. The van der Waals surface area contributed by atoms with Crippen molar-refractivity contribution in [3.8, 4) is 0 Å². The van der Waals surface area contributed by atoms with Crippen LogP contribution < -0.4 is 10.2 Å². The van der Waals surface area contributed by atoms with E-state index in [-0.39, 0.29) is 17.7 Å². The van der Waals surface area contributed by atoms with Gasteiger partial charge in [0.2, 0.25) is 11.8 Å². The molecule has 1 saturated carbocycles. The van der Waals surface area contributed by atoms with Crippen LogP contribution >= 0.6 is 0 Å². The third-order valence-electron chi connectivity index (χ3n) is 4.19. The molecule has 0 radical (unpaired) electrons. The van der Waals surface area contributed by atoms with Crippen LogP contribution in [0.25, 0.3) is 0 Å². The van der Waals surface area contributed by atoms with E-state index in [9.17, 15) is 9.59 Å². The molecule has 0 bridgehead atoms. The van der Waals surface area contributed by atoms with E-state index in [0.29, 0.717) is 19.3 Å². The van der Waals surface area contributed by atoms with E-state index in [1.54, 1.807) is 0 Å². The number of anilines is 2. The minimum absolute atomic E-state index is 0.0735. The number of hydrogen-bond acceptors (Lipinski definition) is 3. The summed E-state index contributed by atoms with van der Waals surface area (Å²) in [6, 6.07) is 7.87. The summed E-state index contributed by atoms with van der Waals surface area (Å²) in [5.41, 5.74) is 1.68. The molecule has 22 heavy (non-hydrogen) atoms. The van der Waals surface area contributed by atoms with Crippen LogP contribution in [-0.4, -0.2) is 31.1 Å². The van der Waals surface area contributed by atoms with Crippen LogP contribution in [0.1, 0.15) is 32.6 Å². The number of hydrogen-bond donors (Lipinski definition) is 1. The molecule has 1 aliphatic heterocycles. The second kappa shape index (κ2) is 6.48. The topological polar surface area (TPSA) is 58.6 Å².